The molecule has 3 aromatic rings. The molecule has 1 heterocycles. The molecule has 0 atom stereocenters. The third-order valence-electron chi connectivity index (χ3n) is 3.40. The van der Waals surface area contributed by atoms with Gasteiger partial charge in [-0.2, -0.15) is 0 Å². The highest BCUT2D eigenvalue weighted by atomic mass is 32.2. The molecule has 132 valence electrons. The summed E-state index contributed by atoms with van der Waals surface area (Å²) in [5, 5.41) is 2.55. The SMILES string of the molecule is O=C(CSc1nccn(-c2ccc(F)cc2)c1=O)Nc1ccccc1F. The number of para-hydroxylation sites is 1. The third kappa shape index (κ3) is 4.15. The van der Waals surface area contributed by atoms with Crippen molar-refractivity contribution in [1.82, 2.24) is 9.55 Å². The van der Waals surface area contributed by atoms with E-state index in [0.29, 0.717) is 5.69 Å². The summed E-state index contributed by atoms with van der Waals surface area (Å²) in [5.74, 6) is -1.51. The van der Waals surface area contributed by atoms with Crippen molar-refractivity contribution in [3.8, 4) is 5.69 Å². The van der Waals surface area contributed by atoms with Crippen molar-refractivity contribution in [2.24, 2.45) is 0 Å². The average molecular weight is 373 g/mol. The molecule has 0 aliphatic rings. The van der Waals surface area contributed by atoms with Crippen LogP contribution in [0.4, 0.5) is 14.5 Å². The van der Waals surface area contributed by atoms with E-state index in [2.05, 4.69) is 10.3 Å². The standard InChI is InChI=1S/C18H13F2N3O2S/c19-12-5-7-13(8-6-12)23-10-9-21-17(18(23)25)26-11-16(24)22-15-4-2-1-3-14(15)20/h1-10H,11H2,(H,22,24). The second kappa shape index (κ2) is 7.92. The van der Waals surface area contributed by atoms with E-state index in [1.807, 2.05) is 0 Å². The van der Waals surface area contributed by atoms with E-state index in [1.54, 1.807) is 6.07 Å². The summed E-state index contributed by atoms with van der Waals surface area (Å²) >= 11 is 0.939. The van der Waals surface area contributed by atoms with Crippen LogP contribution in [0, 0.1) is 11.6 Å². The van der Waals surface area contributed by atoms with Gasteiger partial charge in [0, 0.05) is 18.1 Å². The number of hydrogen-bond donors (Lipinski definition) is 1. The molecule has 0 saturated carbocycles. The predicted molar refractivity (Wildman–Crippen MR) is 95.5 cm³/mol. The van der Waals surface area contributed by atoms with Crippen molar-refractivity contribution < 1.29 is 13.6 Å². The van der Waals surface area contributed by atoms with Crippen LogP contribution in [0.2, 0.25) is 0 Å². The number of thioether (sulfide) groups is 1. The lowest BCUT2D eigenvalue weighted by atomic mass is 10.3. The maximum atomic E-state index is 13.5. The van der Waals surface area contributed by atoms with E-state index in [-0.39, 0.29) is 16.5 Å². The molecule has 0 saturated heterocycles. The summed E-state index contributed by atoms with van der Waals surface area (Å²) in [5.41, 5.74) is 0.127. The fraction of sp³-hybridized carbons (Fsp3) is 0.0556. The first kappa shape index (κ1) is 17.8. The Morgan fingerprint density at radius 3 is 2.58 bits per heavy atom. The number of anilines is 1. The van der Waals surface area contributed by atoms with Crippen molar-refractivity contribution in [2.45, 2.75) is 5.03 Å². The second-order valence-corrected chi connectivity index (χ2v) is 6.16. The van der Waals surface area contributed by atoms with Crippen LogP contribution in [0.25, 0.3) is 5.69 Å². The molecule has 1 aromatic heterocycles. The molecule has 0 aliphatic heterocycles. The van der Waals surface area contributed by atoms with Crippen LogP contribution in [-0.2, 0) is 4.79 Å². The molecule has 1 amide bonds. The first-order chi connectivity index (χ1) is 12.5. The predicted octanol–water partition coefficient (Wildman–Crippen LogP) is 3.24. The molecule has 0 radical (unpaired) electrons. The number of nitrogens with one attached hydrogen (secondary N) is 1. The van der Waals surface area contributed by atoms with Crippen molar-refractivity contribution in [1.29, 1.82) is 0 Å². The molecular weight excluding hydrogens is 360 g/mol. The van der Waals surface area contributed by atoms with Crippen LogP contribution >= 0.6 is 11.8 Å². The van der Waals surface area contributed by atoms with Crippen LogP contribution in [0.15, 0.2) is 70.7 Å². The zero-order chi connectivity index (χ0) is 18.5. The quantitative estimate of drug-likeness (QED) is 0.698. The monoisotopic (exact) mass is 373 g/mol. The summed E-state index contributed by atoms with van der Waals surface area (Å²) in [6, 6.07) is 11.2. The minimum absolute atomic E-state index is 0.0721. The van der Waals surface area contributed by atoms with Gasteiger partial charge in [0.2, 0.25) is 5.91 Å². The molecule has 8 heteroatoms. The molecule has 0 fully saturated rings. The van der Waals surface area contributed by atoms with E-state index in [9.17, 15) is 18.4 Å². The number of carbonyl (C=O) groups excluding carboxylic acids is 1. The third-order valence-corrected chi connectivity index (χ3v) is 4.36. The molecule has 2 aromatic carbocycles. The molecule has 0 bridgehead atoms. The Kier molecular flexibility index (Phi) is 5.43. The van der Waals surface area contributed by atoms with Gasteiger partial charge in [-0.1, -0.05) is 23.9 Å². The van der Waals surface area contributed by atoms with Crippen LogP contribution < -0.4 is 10.9 Å². The van der Waals surface area contributed by atoms with Crippen LogP contribution in [0.1, 0.15) is 0 Å². The minimum atomic E-state index is -0.539. The normalized spacial score (nSPS) is 10.5. The number of carbonyl (C=O) groups is 1. The topological polar surface area (TPSA) is 64.0 Å². The van der Waals surface area contributed by atoms with E-state index in [1.165, 1.54) is 59.4 Å². The lowest BCUT2D eigenvalue weighted by Gasteiger charge is -2.08. The highest BCUT2D eigenvalue weighted by molar-refractivity contribution is 7.99. The van der Waals surface area contributed by atoms with Gasteiger partial charge in [-0.15, -0.1) is 0 Å². The van der Waals surface area contributed by atoms with Crippen molar-refractivity contribution in [3.63, 3.8) is 0 Å². The second-order valence-electron chi connectivity index (χ2n) is 5.20. The van der Waals surface area contributed by atoms with Gasteiger partial charge in [0.25, 0.3) is 5.56 Å². The number of nitrogens with zero attached hydrogens (tertiary/aromatic N) is 2. The largest absolute Gasteiger partial charge is 0.323 e. The van der Waals surface area contributed by atoms with Crippen LogP contribution in [0.3, 0.4) is 0 Å². The van der Waals surface area contributed by atoms with Crippen molar-refractivity contribution in [3.05, 3.63) is 82.9 Å². The van der Waals surface area contributed by atoms with Gasteiger partial charge in [0.05, 0.1) is 11.4 Å². The summed E-state index contributed by atoms with van der Waals surface area (Å²) in [6.07, 6.45) is 2.88. The lowest BCUT2D eigenvalue weighted by molar-refractivity contribution is -0.113. The van der Waals surface area contributed by atoms with E-state index in [4.69, 9.17) is 0 Å². The summed E-state index contributed by atoms with van der Waals surface area (Å²) < 4.78 is 27.9. The molecule has 5 nitrogen and oxygen atoms in total. The Bertz CT molecular complexity index is 990. The van der Waals surface area contributed by atoms with Crippen LogP contribution in [-0.4, -0.2) is 21.2 Å². The zero-order valence-electron chi connectivity index (χ0n) is 13.4. The van der Waals surface area contributed by atoms with E-state index >= 15 is 0 Å². The molecule has 3 rings (SSSR count). The molecule has 0 unspecified atom stereocenters. The number of benzene rings is 2. The van der Waals surface area contributed by atoms with Gasteiger partial charge in [-0.05, 0) is 36.4 Å². The Morgan fingerprint density at radius 1 is 1.12 bits per heavy atom. The minimum Gasteiger partial charge on any atom is -0.323 e. The molecule has 0 spiro atoms. The van der Waals surface area contributed by atoms with E-state index in [0.717, 1.165) is 11.8 Å². The Labute approximate surface area is 151 Å². The van der Waals surface area contributed by atoms with Gasteiger partial charge in [-0.25, -0.2) is 13.8 Å². The molecule has 1 N–H and O–H groups in total. The maximum Gasteiger partial charge on any atom is 0.287 e. The molecule has 26 heavy (non-hydrogen) atoms. The van der Waals surface area contributed by atoms with Gasteiger partial charge in [0.1, 0.15) is 11.6 Å². The Hall–Kier alpha value is -3.00. The Balaban J connectivity index is 1.71. The number of hydrogen-bond acceptors (Lipinski definition) is 4. The molecule has 0 aliphatic carbocycles. The van der Waals surface area contributed by atoms with Gasteiger partial charge in [0.15, 0.2) is 5.03 Å². The fourth-order valence-corrected chi connectivity index (χ4v) is 2.88. The summed E-state index contributed by atoms with van der Waals surface area (Å²) in [6.45, 7) is 0. The van der Waals surface area contributed by atoms with Gasteiger partial charge in [-0.3, -0.25) is 14.2 Å². The first-order valence-electron chi connectivity index (χ1n) is 7.55. The van der Waals surface area contributed by atoms with Crippen molar-refractivity contribution in [2.75, 3.05) is 11.1 Å². The maximum absolute atomic E-state index is 13.5. The molecular formula is C18H13F2N3O2S. The Morgan fingerprint density at radius 2 is 1.85 bits per heavy atom. The highest BCUT2D eigenvalue weighted by Gasteiger charge is 2.11. The zero-order valence-corrected chi connectivity index (χ0v) is 14.2. The van der Waals surface area contributed by atoms with Gasteiger partial charge >= 0.3 is 0 Å². The summed E-state index contributed by atoms with van der Waals surface area (Å²) in [4.78, 5) is 28.4. The summed E-state index contributed by atoms with van der Waals surface area (Å²) in [7, 11) is 0. The van der Waals surface area contributed by atoms with Crippen molar-refractivity contribution >= 4 is 23.4 Å². The van der Waals surface area contributed by atoms with E-state index < -0.39 is 23.1 Å². The first-order valence-corrected chi connectivity index (χ1v) is 8.54. The van der Waals surface area contributed by atoms with Crippen LogP contribution in [0.5, 0.6) is 0 Å². The number of amides is 1. The highest BCUT2D eigenvalue weighted by Crippen LogP contribution is 2.15. The van der Waals surface area contributed by atoms with Gasteiger partial charge < -0.3 is 5.32 Å². The number of halogens is 2. The number of rotatable bonds is 5. The number of aromatic nitrogens is 2. The fourth-order valence-electron chi connectivity index (χ4n) is 2.18. The smallest absolute Gasteiger partial charge is 0.287 e. The average Bonchev–Trinajstić information content (AvgIpc) is 2.64. The lowest BCUT2D eigenvalue weighted by Crippen LogP contribution is -2.22.